The first-order valence-electron chi connectivity index (χ1n) is 7.13. The molecule has 0 radical (unpaired) electrons. The molecule has 1 amide bonds. The molecule has 1 fully saturated rings. The van der Waals surface area contributed by atoms with Gasteiger partial charge in [0.2, 0.25) is 5.78 Å². The van der Waals surface area contributed by atoms with Gasteiger partial charge in [-0.25, -0.2) is 9.97 Å². The molecular weight excluding hydrogens is 270 g/mol. The molecule has 1 aliphatic heterocycles. The van der Waals surface area contributed by atoms with Crippen molar-refractivity contribution < 1.29 is 9.53 Å². The smallest absolute Gasteiger partial charge is 0.270 e. The summed E-state index contributed by atoms with van der Waals surface area (Å²) in [6.45, 7) is 6.67. The summed E-state index contributed by atoms with van der Waals surface area (Å²) in [6, 6.07) is 1.79. The zero-order valence-corrected chi connectivity index (χ0v) is 12.1. The van der Waals surface area contributed by atoms with E-state index < -0.39 is 0 Å². The summed E-state index contributed by atoms with van der Waals surface area (Å²) in [7, 11) is 0. The van der Waals surface area contributed by atoms with Gasteiger partial charge in [-0.15, -0.1) is 0 Å². The maximum absolute atomic E-state index is 12.3. The number of fused-ring (bicyclic) bond motifs is 1. The number of imidazole rings is 1. The normalized spacial score (nSPS) is 16.2. The fraction of sp³-hybridized carbons (Fsp3) is 0.500. The Morgan fingerprint density at radius 2 is 2.24 bits per heavy atom. The number of amides is 1. The third-order valence-electron chi connectivity index (χ3n) is 3.61. The van der Waals surface area contributed by atoms with Gasteiger partial charge in [0.05, 0.1) is 18.9 Å². The molecule has 112 valence electrons. The Balaban J connectivity index is 1.62. The molecule has 3 rings (SSSR count). The summed E-state index contributed by atoms with van der Waals surface area (Å²) < 4.78 is 7.02. The number of ether oxygens (including phenoxy) is 1. The van der Waals surface area contributed by atoms with Crippen molar-refractivity contribution in [2.24, 2.45) is 0 Å². The highest BCUT2D eigenvalue weighted by Crippen LogP contribution is 2.09. The fourth-order valence-corrected chi connectivity index (χ4v) is 2.51. The molecule has 1 aliphatic rings. The van der Waals surface area contributed by atoms with Crippen LogP contribution in [0.5, 0.6) is 0 Å². The summed E-state index contributed by atoms with van der Waals surface area (Å²) in [6.07, 6.45) is 3.47. The van der Waals surface area contributed by atoms with E-state index in [0.29, 0.717) is 23.7 Å². The van der Waals surface area contributed by atoms with Crippen molar-refractivity contribution in [2.45, 2.75) is 6.92 Å². The molecule has 0 unspecified atom stereocenters. The quantitative estimate of drug-likeness (QED) is 0.864. The minimum absolute atomic E-state index is 0.110. The fourth-order valence-electron chi connectivity index (χ4n) is 2.51. The molecule has 0 saturated carbocycles. The Labute approximate surface area is 122 Å². The Kier molecular flexibility index (Phi) is 4.12. The number of carbonyl (C=O) groups is 1. The average Bonchev–Trinajstić information content (AvgIpc) is 2.84. The molecule has 0 atom stereocenters. The van der Waals surface area contributed by atoms with Crippen LogP contribution in [-0.4, -0.2) is 64.6 Å². The van der Waals surface area contributed by atoms with Crippen molar-refractivity contribution in [2.75, 3.05) is 39.4 Å². The second kappa shape index (κ2) is 6.19. The van der Waals surface area contributed by atoms with Gasteiger partial charge in [0, 0.05) is 38.6 Å². The van der Waals surface area contributed by atoms with Crippen LogP contribution < -0.4 is 5.32 Å². The van der Waals surface area contributed by atoms with Crippen LogP contribution in [0, 0.1) is 6.92 Å². The molecule has 7 heteroatoms. The SMILES string of the molecule is Cc1nc2ncccn2c1C(=O)NCCN1CCOCC1. The molecule has 0 aromatic carbocycles. The topological polar surface area (TPSA) is 71.8 Å². The van der Waals surface area contributed by atoms with E-state index in [1.807, 2.05) is 6.92 Å². The van der Waals surface area contributed by atoms with E-state index in [1.165, 1.54) is 0 Å². The number of rotatable bonds is 4. The summed E-state index contributed by atoms with van der Waals surface area (Å²) in [5.41, 5.74) is 1.25. The monoisotopic (exact) mass is 289 g/mol. The molecule has 1 N–H and O–H groups in total. The zero-order valence-electron chi connectivity index (χ0n) is 12.1. The van der Waals surface area contributed by atoms with Crippen molar-refractivity contribution in [3.05, 3.63) is 29.8 Å². The van der Waals surface area contributed by atoms with E-state index in [4.69, 9.17) is 4.74 Å². The Bertz CT molecular complexity index is 633. The highest BCUT2D eigenvalue weighted by molar-refractivity contribution is 5.94. The van der Waals surface area contributed by atoms with Crippen molar-refractivity contribution in [3.63, 3.8) is 0 Å². The van der Waals surface area contributed by atoms with Crippen molar-refractivity contribution in [1.29, 1.82) is 0 Å². The predicted molar refractivity (Wildman–Crippen MR) is 77.3 cm³/mol. The molecule has 0 aliphatic carbocycles. The lowest BCUT2D eigenvalue weighted by molar-refractivity contribution is 0.0383. The molecule has 0 spiro atoms. The van der Waals surface area contributed by atoms with Crippen molar-refractivity contribution in [1.82, 2.24) is 24.6 Å². The second-order valence-electron chi connectivity index (χ2n) is 5.05. The van der Waals surface area contributed by atoms with Crippen molar-refractivity contribution >= 4 is 11.7 Å². The zero-order chi connectivity index (χ0) is 14.7. The van der Waals surface area contributed by atoms with Gasteiger partial charge in [0.1, 0.15) is 5.69 Å². The van der Waals surface area contributed by atoms with Crippen LogP contribution in [0.3, 0.4) is 0 Å². The first-order valence-corrected chi connectivity index (χ1v) is 7.13. The molecule has 2 aromatic rings. The van der Waals surface area contributed by atoms with Crippen LogP contribution in [0.4, 0.5) is 0 Å². The number of hydrogen-bond acceptors (Lipinski definition) is 5. The molecule has 7 nitrogen and oxygen atoms in total. The maximum Gasteiger partial charge on any atom is 0.270 e. The average molecular weight is 289 g/mol. The van der Waals surface area contributed by atoms with Gasteiger partial charge in [0.15, 0.2) is 0 Å². The van der Waals surface area contributed by atoms with E-state index in [1.54, 1.807) is 22.9 Å². The van der Waals surface area contributed by atoms with E-state index in [-0.39, 0.29) is 5.91 Å². The van der Waals surface area contributed by atoms with E-state index in [9.17, 15) is 4.79 Å². The Hall–Kier alpha value is -1.99. The predicted octanol–water partition coefficient (Wildman–Crippen LogP) is 0.0997. The van der Waals surface area contributed by atoms with Gasteiger partial charge in [-0.2, -0.15) is 0 Å². The van der Waals surface area contributed by atoms with Crippen molar-refractivity contribution in [3.8, 4) is 0 Å². The summed E-state index contributed by atoms with van der Waals surface area (Å²) >= 11 is 0. The van der Waals surface area contributed by atoms with Crippen LogP contribution in [0.2, 0.25) is 0 Å². The van der Waals surface area contributed by atoms with E-state index in [0.717, 1.165) is 32.8 Å². The lowest BCUT2D eigenvalue weighted by atomic mass is 10.3. The van der Waals surface area contributed by atoms with Crippen LogP contribution in [-0.2, 0) is 4.74 Å². The molecule has 21 heavy (non-hydrogen) atoms. The number of morpholine rings is 1. The van der Waals surface area contributed by atoms with Gasteiger partial charge in [-0.1, -0.05) is 0 Å². The Morgan fingerprint density at radius 1 is 1.43 bits per heavy atom. The van der Waals surface area contributed by atoms with Gasteiger partial charge < -0.3 is 10.1 Å². The lowest BCUT2D eigenvalue weighted by Gasteiger charge is -2.26. The summed E-state index contributed by atoms with van der Waals surface area (Å²) in [4.78, 5) is 23.1. The number of aromatic nitrogens is 3. The number of aryl methyl sites for hydroxylation is 1. The van der Waals surface area contributed by atoms with E-state index >= 15 is 0 Å². The molecule has 0 bridgehead atoms. The number of hydrogen-bond donors (Lipinski definition) is 1. The minimum atomic E-state index is -0.110. The number of nitrogens with zero attached hydrogens (tertiary/aromatic N) is 4. The van der Waals surface area contributed by atoms with Gasteiger partial charge in [-0.3, -0.25) is 14.1 Å². The minimum Gasteiger partial charge on any atom is -0.379 e. The first kappa shape index (κ1) is 14.0. The highest BCUT2D eigenvalue weighted by atomic mass is 16.5. The molecule has 1 saturated heterocycles. The second-order valence-corrected chi connectivity index (χ2v) is 5.05. The van der Waals surface area contributed by atoms with Crippen LogP contribution in [0.1, 0.15) is 16.2 Å². The third kappa shape index (κ3) is 3.03. The van der Waals surface area contributed by atoms with Crippen LogP contribution >= 0.6 is 0 Å². The number of carbonyl (C=O) groups excluding carboxylic acids is 1. The van der Waals surface area contributed by atoms with Gasteiger partial charge >= 0.3 is 0 Å². The maximum atomic E-state index is 12.3. The van der Waals surface area contributed by atoms with Gasteiger partial charge in [0.25, 0.3) is 5.91 Å². The molecular formula is C14H19N5O2. The first-order chi connectivity index (χ1) is 10.3. The van der Waals surface area contributed by atoms with Crippen LogP contribution in [0.25, 0.3) is 5.78 Å². The molecule has 3 heterocycles. The largest absolute Gasteiger partial charge is 0.379 e. The van der Waals surface area contributed by atoms with Crippen LogP contribution in [0.15, 0.2) is 18.5 Å². The summed E-state index contributed by atoms with van der Waals surface area (Å²) in [5.74, 6) is 0.439. The molecule has 2 aromatic heterocycles. The van der Waals surface area contributed by atoms with Gasteiger partial charge in [-0.05, 0) is 13.0 Å². The lowest BCUT2D eigenvalue weighted by Crippen LogP contribution is -2.41. The standard InChI is InChI=1S/C14H19N5O2/c1-11-12(19-5-2-3-16-14(19)17-11)13(20)15-4-6-18-7-9-21-10-8-18/h2-3,5H,4,6-10H2,1H3,(H,15,20). The Morgan fingerprint density at radius 3 is 3.05 bits per heavy atom. The number of nitrogens with one attached hydrogen (secondary N) is 1. The summed E-state index contributed by atoms with van der Waals surface area (Å²) in [5, 5.41) is 2.96. The van der Waals surface area contributed by atoms with E-state index in [2.05, 4.69) is 20.2 Å². The third-order valence-corrected chi connectivity index (χ3v) is 3.61. The highest BCUT2D eigenvalue weighted by Gasteiger charge is 2.17.